The van der Waals surface area contributed by atoms with Crippen molar-refractivity contribution in [1.29, 1.82) is 0 Å². The fourth-order valence-electron chi connectivity index (χ4n) is 4.58. The van der Waals surface area contributed by atoms with Gasteiger partial charge in [0, 0.05) is 21.5 Å². The van der Waals surface area contributed by atoms with Gasteiger partial charge in [0.15, 0.2) is 11.4 Å². The van der Waals surface area contributed by atoms with E-state index in [9.17, 15) is 34.8 Å². The first kappa shape index (κ1) is 18.9. The number of carbonyl (C=O) groups is 3. The molecule has 0 spiro atoms. The van der Waals surface area contributed by atoms with Gasteiger partial charge in [-0.1, -0.05) is 0 Å². The first-order chi connectivity index (χ1) is 13.1. The Morgan fingerprint density at radius 3 is 2.50 bits per heavy atom. The lowest BCUT2D eigenvalue weighted by Gasteiger charge is -2.45. The van der Waals surface area contributed by atoms with Crippen LogP contribution in [0, 0.1) is 15.4 Å². The van der Waals surface area contributed by atoms with E-state index in [0.29, 0.717) is 12.0 Å². The van der Waals surface area contributed by atoms with Crippen molar-refractivity contribution in [2.75, 3.05) is 0 Å². The molecule has 3 aliphatic rings. The van der Waals surface area contributed by atoms with Crippen LogP contribution >= 0.6 is 22.6 Å². The largest absolute Gasteiger partial charge is 0.511 e. The van der Waals surface area contributed by atoms with Crippen molar-refractivity contribution in [2.24, 2.45) is 17.6 Å². The minimum atomic E-state index is -2.52. The molecular weight excluding hydrogens is 481 g/mol. The topological polar surface area (TPSA) is 158 Å². The molecule has 3 atom stereocenters. The average Bonchev–Trinajstić information content (AvgIpc) is 2.61. The van der Waals surface area contributed by atoms with Gasteiger partial charge in [0.2, 0.25) is 5.78 Å². The number of phenols is 1. The summed E-state index contributed by atoms with van der Waals surface area (Å²) in [5.74, 6) is -6.14. The van der Waals surface area contributed by atoms with E-state index >= 15 is 0 Å². The number of ketones is 2. The fraction of sp³-hybridized carbons (Fsp3) is 0.316. The maximum absolute atomic E-state index is 13.1. The van der Waals surface area contributed by atoms with Crippen molar-refractivity contribution in [3.63, 3.8) is 0 Å². The molecule has 6 N–H and O–H groups in total. The lowest BCUT2D eigenvalue weighted by molar-refractivity contribution is -0.144. The van der Waals surface area contributed by atoms with Gasteiger partial charge in [0.05, 0.1) is 5.56 Å². The van der Waals surface area contributed by atoms with Crippen LogP contribution < -0.4 is 5.73 Å². The van der Waals surface area contributed by atoms with Gasteiger partial charge in [-0.3, -0.25) is 14.4 Å². The Morgan fingerprint density at radius 1 is 1.18 bits per heavy atom. The van der Waals surface area contributed by atoms with Crippen LogP contribution in [0.15, 0.2) is 34.8 Å². The molecule has 146 valence electrons. The summed E-state index contributed by atoms with van der Waals surface area (Å²) in [6.45, 7) is 0. The highest BCUT2D eigenvalue weighted by Crippen LogP contribution is 2.51. The molecule has 4 rings (SSSR count). The molecule has 0 aromatic heterocycles. The number of hydrogen-bond donors (Lipinski definition) is 5. The number of phenolic OH excluding ortho intramolecular Hbond substituents is 1. The van der Waals surface area contributed by atoms with Crippen LogP contribution in [0.1, 0.15) is 28.8 Å². The third kappa shape index (κ3) is 2.29. The fourth-order valence-corrected chi connectivity index (χ4v) is 5.25. The maximum Gasteiger partial charge on any atom is 0.255 e. The second-order valence-electron chi connectivity index (χ2n) is 7.33. The molecule has 0 bridgehead atoms. The zero-order valence-electron chi connectivity index (χ0n) is 14.4. The molecule has 0 aliphatic heterocycles. The van der Waals surface area contributed by atoms with E-state index in [1.807, 2.05) is 0 Å². The predicted molar refractivity (Wildman–Crippen MR) is 104 cm³/mol. The molecule has 0 saturated heterocycles. The van der Waals surface area contributed by atoms with E-state index in [-0.39, 0.29) is 29.7 Å². The maximum atomic E-state index is 13.1. The summed E-state index contributed by atoms with van der Waals surface area (Å²) in [4.78, 5) is 37.4. The molecular formula is C19H16INO7. The Labute approximate surface area is 172 Å². The molecule has 8 nitrogen and oxygen atoms in total. The van der Waals surface area contributed by atoms with Crippen LogP contribution in [0.25, 0.3) is 0 Å². The summed E-state index contributed by atoms with van der Waals surface area (Å²) >= 11 is 2.05. The summed E-state index contributed by atoms with van der Waals surface area (Å²) in [6, 6.07) is 3.04. The summed E-state index contributed by atoms with van der Waals surface area (Å²) in [5, 5.41) is 42.1. The van der Waals surface area contributed by atoms with Crippen molar-refractivity contribution >= 4 is 40.1 Å². The van der Waals surface area contributed by atoms with Crippen LogP contribution in [0.3, 0.4) is 0 Å². The highest BCUT2D eigenvalue weighted by atomic mass is 127. The molecule has 1 aromatic carbocycles. The van der Waals surface area contributed by atoms with Crippen molar-refractivity contribution in [3.8, 4) is 5.75 Å². The van der Waals surface area contributed by atoms with Crippen LogP contribution in [0.5, 0.6) is 5.75 Å². The molecule has 0 unspecified atom stereocenters. The summed E-state index contributed by atoms with van der Waals surface area (Å²) in [6.07, 6.45) is 0.224. The number of benzene rings is 1. The molecule has 9 heteroatoms. The Hall–Kier alpha value is -2.40. The molecule has 0 fully saturated rings. The molecule has 0 heterocycles. The van der Waals surface area contributed by atoms with Crippen LogP contribution in [0.4, 0.5) is 0 Å². The monoisotopic (exact) mass is 497 g/mol. The van der Waals surface area contributed by atoms with E-state index in [0.717, 1.165) is 3.57 Å². The number of halogens is 1. The second kappa shape index (κ2) is 6.05. The van der Waals surface area contributed by atoms with Crippen molar-refractivity contribution in [2.45, 2.75) is 24.9 Å². The molecule has 3 aliphatic carbocycles. The first-order valence-electron chi connectivity index (χ1n) is 8.56. The summed E-state index contributed by atoms with van der Waals surface area (Å²) in [7, 11) is 0. The number of aromatic hydroxyl groups is 1. The van der Waals surface area contributed by atoms with Crippen LogP contribution in [0.2, 0.25) is 0 Å². The van der Waals surface area contributed by atoms with E-state index in [2.05, 4.69) is 22.6 Å². The number of hydrogen-bond acceptors (Lipinski definition) is 7. The molecule has 0 saturated carbocycles. The number of rotatable bonds is 1. The van der Waals surface area contributed by atoms with Gasteiger partial charge in [0.25, 0.3) is 5.91 Å². The number of carbonyl (C=O) groups excluding carboxylic acids is 3. The Bertz CT molecular complexity index is 1040. The number of nitrogens with two attached hydrogens (primary N) is 1. The van der Waals surface area contributed by atoms with E-state index in [1.54, 1.807) is 6.07 Å². The number of amides is 1. The number of primary amides is 1. The van der Waals surface area contributed by atoms with Crippen molar-refractivity contribution in [3.05, 3.63) is 49.5 Å². The van der Waals surface area contributed by atoms with Gasteiger partial charge in [-0.2, -0.15) is 0 Å². The smallest absolute Gasteiger partial charge is 0.255 e. The quantitative estimate of drug-likeness (QED) is 0.288. The number of aliphatic hydroxyl groups excluding tert-OH is 2. The molecule has 28 heavy (non-hydrogen) atoms. The minimum absolute atomic E-state index is 0.0310. The lowest BCUT2D eigenvalue weighted by Crippen LogP contribution is -2.57. The van der Waals surface area contributed by atoms with E-state index in [4.69, 9.17) is 5.73 Å². The third-order valence-corrected chi connectivity index (χ3v) is 6.90. The average molecular weight is 497 g/mol. The minimum Gasteiger partial charge on any atom is -0.511 e. The number of Topliss-reactive ketones (excluding diaryl/α,β-unsaturated/α-hetero) is 2. The van der Waals surface area contributed by atoms with Crippen LogP contribution in [-0.4, -0.2) is 43.5 Å². The van der Waals surface area contributed by atoms with Gasteiger partial charge in [0.1, 0.15) is 22.8 Å². The van der Waals surface area contributed by atoms with Gasteiger partial charge >= 0.3 is 0 Å². The number of allylic oxidation sites excluding steroid dienone is 2. The normalized spacial score (nSPS) is 29.4. The zero-order chi connectivity index (χ0) is 20.5. The number of fused-ring (bicyclic) bond motifs is 3. The number of aliphatic hydroxyl groups is 3. The Kier molecular flexibility index (Phi) is 4.09. The summed E-state index contributed by atoms with van der Waals surface area (Å²) < 4.78 is 0.775. The molecule has 0 radical (unpaired) electrons. The SMILES string of the molecule is NC(=O)C1=C(O)C[C@@H]2C[C@@H]3Cc4c(I)ccc(O)c4C(=O)C3=C(O)[C@]2(O)C1=O. The predicted octanol–water partition coefficient (Wildman–Crippen LogP) is 1.19. The summed E-state index contributed by atoms with van der Waals surface area (Å²) in [5.41, 5.74) is 2.37. The molecule has 1 aromatic rings. The lowest BCUT2D eigenvalue weighted by atomic mass is 9.60. The van der Waals surface area contributed by atoms with E-state index < -0.39 is 52.0 Å². The first-order valence-corrected chi connectivity index (χ1v) is 9.64. The van der Waals surface area contributed by atoms with Crippen molar-refractivity contribution in [1.82, 2.24) is 0 Å². The van der Waals surface area contributed by atoms with Gasteiger partial charge in [-0.25, -0.2) is 0 Å². The Balaban J connectivity index is 1.93. The van der Waals surface area contributed by atoms with Gasteiger partial charge < -0.3 is 26.2 Å². The van der Waals surface area contributed by atoms with Crippen molar-refractivity contribution < 1.29 is 34.8 Å². The van der Waals surface area contributed by atoms with Gasteiger partial charge in [-0.15, -0.1) is 0 Å². The highest BCUT2D eigenvalue weighted by molar-refractivity contribution is 14.1. The highest BCUT2D eigenvalue weighted by Gasteiger charge is 2.59. The zero-order valence-corrected chi connectivity index (χ0v) is 16.6. The van der Waals surface area contributed by atoms with E-state index in [1.165, 1.54) is 6.07 Å². The van der Waals surface area contributed by atoms with Gasteiger partial charge in [-0.05, 0) is 59.0 Å². The van der Waals surface area contributed by atoms with Crippen LogP contribution in [-0.2, 0) is 16.0 Å². The Morgan fingerprint density at radius 2 is 1.86 bits per heavy atom. The standard InChI is InChI=1S/C19H16INO7/c20-9-1-2-10(22)13-8(9)4-6-3-7-5-11(23)14(18(21)27)17(26)19(7,28)16(25)12(6)15(13)24/h1-2,6-7,22-23,25,28H,3-5H2,(H2,21,27)/t6-,7+,19+/m1/s1. The second-order valence-corrected chi connectivity index (χ2v) is 8.49. The molecule has 1 amide bonds. The third-order valence-electron chi connectivity index (χ3n) is 5.89.